The lowest BCUT2D eigenvalue weighted by Crippen LogP contribution is -2.35. The maximum absolute atomic E-state index is 12.7. The van der Waals surface area contributed by atoms with Crippen LogP contribution in [0.3, 0.4) is 0 Å². The molecule has 1 saturated heterocycles. The van der Waals surface area contributed by atoms with Crippen molar-refractivity contribution in [2.45, 2.75) is 26.4 Å². The highest BCUT2D eigenvalue weighted by Crippen LogP contribution is 2.32. The molecule has 1 aliphatic heterocycles. The Hall–Kier alpha value is -2.29. The van der Waals surface area contributed by atoms with Crippen molar-refractivity contribution in [3.8, 4) is 0 Å². The van der Waals surface area contributed by atoms with Gasteiger partial charge in [0.1, 0.15) is 12.8 Å². The molecule has 152 valence electrons. The molecule has 29 heavy (non-hydrogen) atoms. The zero-order chi connectivity index (χ0) is 21.3. The predicted molar refractivity (Wildman–Crippen MR) is 111 cm³/mol. The number of nitrogens with zero attached hydrogens (tertiary/aromatic N) is 1. The fourth-order valence-electron chi connectivity index (χ4n) is 2.53. The first-order valence-corrected chi connectivity index (χ1v) is 10.1. The number of rotatable bonds is 5. The molecular weight excluding hydrogens is 441 g/mol. The third kappa shape index (κ3) is 4.49. The summed E-state index contributed by atoms with van der Waals surface area (Å²) < 4.78 is 10.5. The van der Waals surface area contributed by atoms with E-state index in [1.54, 1.807) is 6.92 Å². The average molecular weight is 456 g/mol. The molecule has 2 amide bonds. The molecule has 0 N–H and O–H groups in total. The average Bonchev–Trinajstić information content (AvgIpc) is 2.91. The number of imide groups is 1. The molecule has 10 heteroatoms. The Morgan fingerprint density at radius 2 is 2.03 bits per heavy atom. The van der Waals surface area contributed by atoms with Gasteiger partial charge < -0.3 is 9.15 Å². The lowest BCUT2D eigenvalue weighted by molar-refractivity contribution is -0.150. The number of fused-ring (bicyclic) bond motifs is 1. The van der Waals surface area contributed by atoms with Gasteiger partial charge in [0.05, 0.1) is 27.0 Å². The number of thioether (sulfide) groups is 1. The van der Waals surface area contributed by atoms with Gasteiger partial charge in [-0.1, -0.05) is 30.1 Å². The van der Waals surface area contributed by atoms with E-state index in [2.05, 4.69) is 0 Å². The predicted octanol–water partition coefficient (Wildman–Crippen LogP) is 4.48. The molecule has 1 aliphatic rings. The molecule has 0 radical (unpaired) electrons. The van der Waals surface area contributed by atoms with Crippen LogP contribution in [0.25, 0.3) is 17.0 Å². The third-order valence-electron chi connectivity index (χ3n) is 4.17. The summed E-state index contributed by atoms with van der Waals surface area (Å²) in [4.78, 5) is 50.0. The second kappa shape index (κ2) is 8.61. The Labute approximate surface area is 179 Å². The standard InChI is InChI=1S/C19H15Cl2NO6S/c1-3-9(2)28-15(23)7-22-18(25)14(29-19(22)26)4-10-8-27-17-12(16(10)24)5-11(20)6-13(17)21/h4-6,8-9H,3,7H2,1-2H3/b14-4-/t9-/m0/s1. The number of hydrogen-bond donors (Lipinski definition) is 0. The zero-order valence-corrected chi connectivity index (χ0v) is 17.7. The number of esters is 1. The molecule has 1 fully saturated rings. The van der Waals surface area contributed by atoms with E-state index in [9.17, 15) is 19.2 Å². The van der Waals surface area contributed by atoms with Gasteiger partial charge in [0, 0.05) is 5.02 Å². The monoisotopic (exact) mass is 455 g/mol. The topological polar surface area (TPSA) is 93.9 Å². The number of carbonyl (C=O) groups is 3. The SMILES string of the molecule is CC[C@H](C)OC(=O)CN1C(=O)S/C(=C\c2coc3c(Cl)cc(Cl)cc3c2=O)C1=O. The molecule has 0 aliphatic carbocycles. The molecule has 1 atom stereocenters. The maximum atomic E-state index is 12.7. The fourth-order valence-corrected chi connectivity index (χ4v) is 3.90. The van der Waals surface area contributed by atoms with Crippen LogP contribution in [-0.2, 0) is 14.3 Å². The van der Waals surface area contributed by atoms with Crippen LogP contribution >= 0.6 is 35.0 Å². The van der Waals surface area contributed by atoms with Crippen LogP contribution in [0.15, 0.2) is 32.5 Å². The molecular formula is C19H15Cl2NO6S. The van der Waals surface area contributed by atoms with Gasteiger partial charge in [-0.25, -0.2) is 0 Å². The number of amides is 2. The second-order valence-corrected chi connectivity index (χ2v) is 8.10. The minimum atomic E-state index is -0.690. The lowest BCUT2D eigenvalue weighted by Gasteiger charge is -2.14. The van der Waals surface area contributed by atoms with Gasteiger partial charge in [0.2, 0.25) is 0 Å². The normalized spacial score (nSPS) is 16.7. The summed E-state index contributed by atoms with van der Waals surface area (Å²) in [5.41, 5.74) is -0.249. The molecule has 2 heterocycles. The van der Waals surface area contributed by atoms with Gasteiger partial charge in [-0.05, 0) is 43.3 Å². The molecule has 0 saturated carbocycles. The van der Waals surface area contributed by atoms with Gasteiger partial charge in [-0.15, -0.1) is 0 Å². The van der Waals surface area contributed by atoms with Crippen molar-refractivity contribution in [1.29, 1.82) is 0 Å². The van der Waals surface area contributed by atoms with Crippen LogP contribution in [0.2, 0.25) is 10.0 Å². The Balaban J connectivity index is 1.89. The van der Waals surface area contributed by atoms with E-state index in [1.807, 2.05) is 6.92 Å². The van der Waals surface area contributed by atoms with E-state index < -0.39 is 29.1 Å². The van der Waals surface area contributed by atoms with Crippen molar-refractivity contribution in [2.24, 2.45) is 0 Å². The lowest BCUT2D eigenvalue weighted by atomic mass is 10.1. The maximum Gasteiger partial charge on any atom is 0.326 e. The summed E-state index contributed by atoms with van der Waals surface area (Å²) in [6.07, 6.45) is 2.68. The highest BCUT2D eigenvalue weighted by Gasteiger charge is 2.37. The molecule has 0 unspecified atom stereocenters. The second-order valence-electron chi connectivity index (χ2n) is 6.26. The van der Waals surface area contributed by atoms with Crippen molar-refractivity contribution < 1.29 is 23.5 Å². The Morgan fingerprint density at radius 3 is 2.72 bits per heavy atom. The summed E-state index contributed by atoms with van der Waals surface area (Å²) in [5, 5.41) is -0.0467. The molecule has 7 nitrogen and oxygen atoms in total. The molecule has 3 rings (SSSR count). The van der Waals surface area contributed by atoms with Crippen LogP contribution in [0.5, 0.6) is 0 Å². The first kappa shape index (κ1) is 21.4. The van der Waals surface area contributed by atoms with Crippen molar-refractivity contribution in [3.63, 3.8) is 0 Å². The first-order chi connectivity index (χ1) is 13.7. The van der Waals surface area contributed by atoms with E-state index in [1.165, 1.54) is 18.2 Å². The molecule has 1 aromatic carbocycles. The van der Waals surface area contributed by atoms with Crippen LogP contribution in [0, 0.1) is 0 Å². The Morgan fingerprint density at radius 1 is 1.31 bits per heavy atom. The Kier molecular flexibility index (Phi) is 6.36. The Bertz CT molecular complexity index is 1110. The molecule has 1 aromatic heterocycles. The zero-order valence-electron chi connectivity index (χ0n) is 15.4. The van der Waals surface area contributed by atoms with Crippen molar-refractivity contribution >= 4 is 69.1 Å². The number of carbonyl (C=O) groups excluding carboxylic acids is 3. The summed E-state index contributed by atoms with van der Waals surface area (Å²) in [7, 11) is 0. The van der Waals surface area contributed by atoms with Crippen molar-refractivity contribution in [2.75, 3.05) is 6.54 Å². The number of ether oxygens (including phenoxy) is 1. The summed E-state index contributed by atoms with van der Waals surface area (Å²) in [6, 6.07) is 2.85. The van der Waals surface area contributed by atoms with Crippen molar-refractivity contribution in [3.05, 3.63) is 49.1 Å². The van der Waals surface area contributed by atoms with Crippen molar-refractivity contribution in [1.82, 2.24) is 4.90 Å². The van der Waals surface area contributed by atoms with Crippen LogP contribution in [0.1, 0.15) is 25.8 Å². The minimum absolute atomic E-state index is 0.00823. The molecule has 2 aromatic rings. The van der Waals surface area contributed by atoms with Crippen LogP contribution in [0.4, 0.5) is 4.79 Å². The van der Waals surface area contributed by atoms with E-state index in [4.69, 9.17) is 32.4 Å². The van der Waals surface area contributed by atoms with Gasteiger partial charge in [0.15, 0.2) is 11.0 Å². The van der Waals surface area contributed by atoms with E-state index >= 15 is 0 Å². The third-order valence-corrected chi connectivity index (χ3v) is 5.58. The summed E-state index contributed by atoms with van der Waals surface area (Å²) in [6.45, 7) is 3.06. The number of hydrogen-bond acceptors (Lipinski definition) is 7. The highest BCUT2D eigenvalue weighted by atomic mass is 35.5. The summed E-state index contributed by atoms with van der Waals surface area (Å²) >= 11 is 12.6. The van der Waals surface area contributed by atoms with Crippen LogP contribution in [-0.4, -0.2) is 34.7 Å². The number of benzene rings is 1. The van der Waals surface area contributed by atoms with E-state index in [0.29, 0.717) is 18.2 Å². The molecule has 0 spiro atoms. The number of halogens is 2. The van der Waals surface area contributed by atoms with E-state index in [-0.39, 0.29) is 37.6 Å². The first-order valence-electron chi connectivity index (χ1n) is 8.56. The summed E-state index contributed by atoms with van der Waals surface area (Å²) in [5.74, 6) is -1.37. The van der Waals surface area contributed by atoms with Gasteiger partial charge >= 0.3 is 5.97 Å². The van der Waals surface area contributed by atoms with E-state index in [0.717, 1.165) is 11.2 Å². The minimum Gasteiger partial charge on any atom is -0.462 e. The van der Waals surface area contributed by atoms with Gasteiger partial charge in [-0.3, -0.25) is 24.1 Å². The fraction of sp³-hybridized carbons (Fsp3) is 0.263. The largest absolute Gasteiger partial charge is 0.462 e. The molecule has 0 bridgehead atoms. The highest BCUT2D eigenvalue weighted by molar-refractivity contribution is 8.18. The smallest absolute Gasteiger partial charge is 0.326 e. The quantitative estimate of drug-likeness (QED) is 0.484. The van der Waals surface area contributed by atoms with Crippen LogP contribution < -0.4 is 5.43 Å². The van der Waals surface area contributed by atoms with Gasteiger partial charge in [0.25, 0.3) is 11.1 Å². The van der Waals surface area contributed by atoms with Gasteiger partial charge in [-0.2, -0.15) is 0 Å².